The minimum absolute atomic E-state index is 0.0761. The number of likely N-dealkylation sites (tertiary alicyclic amines) is 1. The highest BCUT2D eigenvalue weighted by Gasteiger charge is 2.37. The topological polar surface area (TPSA) is 140 Å². The van der Waals surface area contributed by atoms with Crippen molar-refractivity contribution in [2.75, 3.05) is 23.1 Å². The van der Waals surface area contributed by atoms with Crippen molar-refractivity contribution in [1.82, 2.24) is 14.9 Å². The Hall–Kier alpha value is -4.19. The van der Waals surface area contributed by atoms with Gasteiger partial charge in [0.2, 0.25) is 17.7 Å². The molecule has 12 heteroatoms. The van der Waals surface area contributed by atoms with Crippen molar-refractivity contribution in [2.45, 2.75) is 57.6 Å². The van der Waals surface area contributed by atoms with Gasteiger partial charge in [-0.15, -0.1) is 0 Å². The van der Waals surface area contributed by atoms with Crippen LogP contribution in [0.2, 0.25) is 0 Å². The second kappa shape index (κ2) is 10.7. The summed E-state index contributed by atoms with van der Waals surface area (Å²) in [4.78, 5) is 36.7. The van der Waals surface area contributed by atoms with E-state index in [1.54, 1.807) is 32.9 Å². The maximum Gasteiger partial charge on any atom is 0.410 e. The summed E-state index contributed by atoms with van der Waals surface area (Å²) in [6.07, 6.45) is -0.889. The molecule has 0 unspecified atom stereocenters. The largest absolute Gasteiger partial charge is 0.472 e. The number of aryl methyl sites for hydroxylation is 2. The number of anilines is 2. The quantitative estimate of drug-likeness (QED) is 0.429. The van der Waals surface area contributed by atoms with E-state index in [2.05, 4.69) is 20.0 Å². The summed E-state index contributed by atoms with van der Waals surface area (Å²) >= 11 is 0. The smallest absolute Gasteiger partial charge is 0.410 e. The zero-order valence-electron chi connectivity index (χ0n) is 23.6. The number of hydrogen-bond donors (Lipinski definition) is 2. The summed E-state index contributed by atoms with van der Waals surface area (Å²) in [5.41, 5.74) is 2.75. The first-order valence-electron chi connectivity index (χ1n) is 13.3. The van der Waals surface area contributed by atoms with Crippen molar-refractivity contribution >= 4 is 33.7 Å². The number of carbonyl (C=O) groups excluding carboxylic acids is 2. The van der Waals surface area contributed by atoms with Crippen LogP contribution in [0, 0.1) is 19.8 Å². The van der Waals surface area contributed by atoms with Crippen LogP contribution in [0.1, 0.15) is 38.3 Å². The molecule has 6 bridgehead atoms. The fourth-order valence-electron chi connectivity index (χ4n) is 5.02. The van der Waals surface area contributed by atoms with Crippen molar-refractivity contribution in [2.24, 2.45) is 5.92 Å². The molecule has 0 saturated carbocycles. The van der Waals surface area contributed by atoms with Crippen LogP contribution < -0.4 is 14.8 Å². The Morgan fingerprint density at radius 3 is 2.46 bits per heavy atom. The standard InChI is InChI=1S/C29H33N5O6S/c1-17-8-6-9-18(2)25(17)23-14-24-32-27(31-23)33-41(37,38)22-11-7-10-20(13-22)30-26(35)19-12-21(39-24)16-34(15-19)28(36)40-29(3,4)5/h6-11,13-14,19,21H,12,15-16H2,1-5H3,(H,30,35)(H,31,32,33)/t19-,21-/m0/s1. The van der Waals surface area contributed by atoms with Crippen molar-refractivity contribution in [3.05, 3.63) is 59.7 Å². The number of rotatable bonds is 1. The normalized spacial score (nSPS) is 20.1. The molecule has 2 amide bonds. The van der Waals surface area contributed by atoms with Crippen LogP contribution in [0.3, 0.4) is 0 Å². The molecule has 2 N–H and O–H groups in total. The molecule has 3 aromatic rings. The summed E-state index contributed by atoms with van der Waals surface area (Å²) in [6.45, 7) is 9.47. The fourth-order valence-corrected chi connectivity index (χ4v) is 6.01. The molecule has 3 heterocycles. The van der Waals surface area contributed by atoms with Gasteiger partial charge in [-0.2, -0.15) is 4.98 Å². The van der Waals surface area contributed by atoms with E-state index in [0.717, 1.165) is 16.7 Å². The van der Waals surface area contributed by atoms with Crippen molar-refractivity contribution in [1.29, 1.82) is 0 Å². The molecule has 1 saturated heterocycles. The first-order valence-corrected chi connectivity index (χ1v) is 14.8. The number of fused-ring (bicyclic) bond motifs is 6. The van der Waals surface area contributed by atoms with Crippen LogP contribution in [0.4, 0.5) is 16.4 Å². The van der Waals surface area contributed by atoms with E-state index in [1.165, 1.54) is 23.1 Å². The molecular formula is C29H33N5O6S. The molecule has 2 atom stereocenters. The average molecular weight is 580 g/mol. The van der Waals surface area contributed by atoms with Crippen LogP contribution in [-0.2, 0) is 19.6 Å². The Morgan fingerprint density at radius 2 is 1.76 bits per heavy atom. The lowest BCUT2D eigenvalue weighted by Crippen LogP contribution is -2.52. The van der Waals surface area contributed by atoms with Gasteiger partial charge >= 0.3 is 6.09 Å². The minimum atomic E-state index is -4.11. The third-order valence-corrected chi connectivity index (χ3v) is 8.13. The van der Waals surface area contributed by atoms with Gasteiger partial charge in [-0.25, -0.2) is 22.9 Å². The van der Waals surface area contributed by atoms with Crippen molar-refractivity contribution < 1.29 is 27.5 Å². The molecule has 2 aromatic carbocycles. The molecule has 0 aliphatic carbocycles. The number of nitrogens with zero attached hydrogens (tertiary/aromatic N) is 3. The number of sulfonamides is 1. The monoisotopic (exact) mass is 579 g/mol. The van der Waals surface area contributed by atoms with Gasteiger partial charge in [0.05, 0.1) is 23.1 Å². The Balaban J connectivity index is 1.62. The van der Waals surface area contributed by atoms with E-state index in [9.17, 15) is 18.0 Å². The predicted octanol–water partition coefficient (Wildman–Crippen LogP) is 4.52. The maximum atomic E-state index is 13.4. The second-order valence-corrected chi connectivity index (χ2v) is 13.0. The number of benzene rings is 2. The van der Waals surface area contributed by atoms with Gasteiger partial charge in [0, 0.05) is 23.9 Å². The fraction of sp³-hybridized carbons (Fsp3) is 0.379. The van der Waals surface area contributed by atoms with E-state index >= 15 is 0 Å². The van der Waals surface area contributed by atoms with Crippen LogP contribution >= 0.6 is 0 Å². The van der Waals surface area contributed by atoms with E-state index in [-0.39, 0.29) is 35.7 Å². The Bertz CT molecular complexity index is 1600. The van der Waals surface area contributed by atoms with Gasteiger partial charge in [-0.05, 0) is 70.4 Å². The number of carbonyl (C=O) groups is 2. The molecule has 0 radical (unpaired) electrons. The van der Waals surface area contributed by atoms with E-state index in [0.29, 0.717) is 17.8 Å². The number of ether oxygens (including phenoxy) is 2. The average Bonchev–Trinajstić information content (AvgIpc) is 2.87. The van der Waals surface area contributed by atoms with Crippen LogP contribution in [0.15, 0.2) is 53.4 Å². The van der Waals surface area contributed by atoms with Gasteiger partial charge in [-0.1, -0.05) is 24.3 Å². The van der Waals surface area contributed by atoms with Crippen molar-refractivity contribution in [3.63, 3.8) is 0 Å². The first kappa shape index (κ1) is 28.3. The third-order valence-electron chi connectivity index (χ3n) is 6.80. The van der Waals surface area contributed by atoms with Gasteiger partial charge in [-0.3, -0.25) is 4.79 Å². The lowest BCUT2D eigenvalue weighted by Gasteiger charge is -2.37. The summed E-state index contributed by atoms with van der Waals surface area (Å²) < 4.78 is 41.0. The van der Waals surface area contributed by atoms with Crippen LogP contribution in [-0.4, -0.2) is 60.1 Å². The lowest BCUT2D eigenvalue weighted by atomic mass is 9.95. The summed E-state index contributed by atoms with van der Waals surface area (Å²) in [5.74, 6) is -1.08. The van der Waals surface area contributed by atoms with Crippen LogP contribution in [0.5, 0.6) is 5.88 Å². The molecule has 1 fully saturated rings. The van der Waals surface area contributed by atoms with Gasteiger partial charge in [0.25, 0.3) is 10.0 Å². The molecule has 216 valence electrons. The highest BCUT2D eigenvalue weighted by molar-refractivity contribution is 7.92. The molecule has 2 aliphatic heterocycles. The van der Waals surface area contributed by atoms with E-state index in [4.69, 9.17) is 9.47 Å². The van der Waals surface area contributed by atoms with E-state index < -0.39 is 33.7 Å². The van der Waals surface area contributed by atoms with E-state index in [1.807, 2.05) is 32.0 Å². The van der Waals surface area contributed by atoms with Gasteiger partial charge < -0.3 is 19.7 Å². The number of aromatic nitrogens is 2. The second-order valence-electron chi connectivity index (χ2n) is 11.4. The molecule has 41 heavy (non-hydrogen) atoms. The zero-order valence-corrected chi connectivity index (χ0v) is 24.4. The third kappa shape index (κ3) is 6.43. The number of nitrogens with one attached hydrogen (secondary N) is 2. The number of hydrogen-bond acceptors (Lipinski definition) is 8. The van der Waals surface area contributed by atoms with Crippen LogP contribution in [0.25, 0.3) is 11.3 Å². The molecule has 0 spiro atoms. The molecule has 5 rings (SSSR count). The minimum Gasteiger partial charge on any atom is -0.472 e. The zero-order chi connectivity index (χ0) is 29.5. The first-order chi connectivity index (χ1) is 19.3. The van der Waals surface area contributed by atoms with Gasteiger partial charge in [0.1, 0.15) is 11.7 Å². The molecule has 2 aliphatic rings. The number of amides is 2. The summed E-state index contributed by atoms with van der Waals surface area (Å²) in [5, 5.41) is 2.79. The number of piperidine rings is 1. The molecule has 1 aromatic heterocycles. The predicted molar refractivity (Wildman–Crippen MR) is 153 cm³/mol. The molecular weight excluding hydrogens is 546 g/mol. The SMILES string of the molecule is Cc1cccc(C)c1-c1cc2nc(n1)NS(=O)(=O)c1cccc(c1)NC(=O)[C@H]1C[C@@H](CN(C(=O)OC(C)(C)C)C1)O2. The summed E-state index contributed by atoms with van der Waals surface area (Å²) in [7, 11) is -4.11. The Kier molecular flexibility index (Phi) is 7.37. The summed E-state index contributed by atoms with van der Waals surface area (Å²) in [6, 6.07) is 13.4. The highest BCUT2D eigenvalue weighted by atomic mass is 32.2. The highest BCUT2D eigenvalue weighted by Crippen LogP contribution is 2.32. The lowest BCUT2D eigenvalue weighted by molar-refractivity contribution is -0.122. The maximum absolute atomic E-state index is 13.4. The molecule has 11 nitrogen and oxygen atoms in total. The Labute approximate surface area is 239 Å². The Morgan fingerprint density at radius 1 is 1.05 bits per heavy atom. The van der Waals surface area contributed by atoms with Crippen molar-refractivity contribution in [3.8, 4) is 17.1 Å². The van der Waals surface area contributed by atoms with Gasteiger partial charge in [0.15, 0.2) is 0 Å².